The molecule has 0 aliphatic carbocycles. The molecule has 0 fully saturated rings. The van der Waals surface area contributed by atoms with Gasteiger partial charge in [0.25, 0.3) is 0 Å². The third kappa shape index (κ3) is 4.49. The molecule has 0 aromatic heterocycles. The fraction of sp³-hybridized carbons (Fsp3) is 0.100. The maximum Gasteiger partial charge on any atom is 0.357 e. The number of hydrogen-bond acceptors (Lipinski definition) is 1. The standard InChI is InChI=1S/C20H5ClF14OSi/c1-37(21,36-19-7(24)3(22)2-4(23)8(19)25)20(5-9(26)13(30)17(34)14(31)10(5)27)6-11(28)15(32)18(35)16(33)12(6)29/h2,20H,1H3. The normalized spacial score (nSPS) is 13.3. The van der Waals surface area contributed by atoms with E-state index in [-0.39, 0.29) is 12.6 Å². The highest BCUT2D eigenvalue weighted by Gasteiger charge is 2.51. The third-order valence-corrected chi connectivity index (χ3v) is 8.05. The van der Waals surface area contributed by atoms with Crippen LogP contribution in [0.5, 0.6) is 5.75 Å². The Labute approximate surface area is 201 Å². The molecule has 200 valence electrons. The molecule has 0 saturated heterocycles. The predicted octanol–water partition coefficient (Wildman–Crippen LogP) is 7.69. The molecular weight excluding hydrogens is 586 g/mol. The maximum atomic E-state index is 14.7. The zero-order valence-electron chi connectivity index (χ0n) is 17.2. The van der Waals surface area contributed by atoms with Gasteiger partial charge in [-0.25, -0.2) is 52.7 Å². The molecule has 3 aromatic carbocycles. The van der Waals surface area contributed by atoms with Crippen LogP contribution in [-0.4, -0.2) is 7.63 Å². The van der Waals surface area contributed by atoms with Gasteiger partial charge in [0.2, 0.25) is 23.3 Å². The van der Waals surface area contributed by atoms with Crippen LogP contribution in [0.2, 0.25) is 6.55 Å². The largest absolute Gasteiger partial charge is 0.524 e. The zero-order chi connectivity index (χ0) is 28.3. The van der Waals surface area contributed by atoms with Gasteiger partial charge in [0, 0.05) is 17.2 Å². The van der Waals surface area contributed by atoms with E-state index in [4.69, 9.17) is 11.1 Å². The van der Waals surface area contributed by atoms with Gasteiger partial charge in [0.1, 0.15) is 0 Å². The Balaban J connectivity index is 2.48. The van der Waals surface area contributed by atoms with Crippen LogP contribution < -0.4 is 4.43 Å². The lowest BCUT2D eigenvalue weighted by Crippen LogP contribution is -2.43. The highest BCUT2D eigenvalue weighted by atomic mass is 35.6. The summed E-state index contributed by atoms with van der Waals surface area (Å²) in [6, 6.07) is -0.351. The first-order valence-electron chi connectivity index (χ1n) is 9.19. The molecule has 0 aliphatic heterocycles. The summed E-state index contributed by atoms with van der Waals surface area (Å²) in [5.74, 6) is -39.6. The van der Waals surface area contributed by atoms with E-state index in [0.717, 1.165) is 0 Å². The van der Waals surface area contributed by atoms with Crippen molar-refractivity contribution >= 4 is 18.7 Å². The Morgan fingerprint density at radius 2 is 0.784 bits per heavy atom. The van der Waals surface area contributed by atoms with Crippen LogP contribution in [0.25, 0.3) is 0 Å². The summed E-state index contributed by atoms with van der Waals surface area (Å²) >= 11 is 5.93. The van der Waals surface area contributed by atoms with Crippen molar-refractivity contribution < 1.29 is 65.9 Å². The van der Waals surface area contributed by atoms with E-state index in [1.54, 1.807) is 0 Å². The highest BCUT2D eigenvalue weighted by molar-refractivity contribution is 7.17. The molecule has 0 saturated carbocycles. The molecule has 3 aromatic rings. The van der Waals surface area contributed by atoms with Gasteiger partial charge in [-0.1, -0.05) is 0 Å². The lowest BCUT2D eigenvalue weighted by atomic mass is 10.00. The van der Waals surface area contributed by atoms with Crippen molar-refractivity contribution in [2.75, 3.05) is 0 Å². The Kier molecular flexibility index (Phi) is 7.49. The predicted molar refractivity (Wildman–Crippen MR) is 98.7 cm³/mol. The van der Waals surface area contributed by atoms with Crippen molar-refractivity contribution in [2.24, 2.45) is 0 Å². The van der Waals surface area contributed by atoms with Gasteiger partial charge in [0.15, 0.2) is 63.9 Å². The van der Waals surface area contributed by atoms with Crippen molar-refractivity contribution in [3.63, 3.8) is 0 Å². The summed E-state index contributed by atoms with van der Waals surface area (Å²) < 4.78 is 201. The number of benzene rings is 3. The molecule has 1 unspecified atom stereocenters. The number of halogens is 15. The lowest BCUT2D eigenvalue weighted by Gasteiger charge is -2.32. The Hall–Kier alpha value is -3.01. The molecule has 3 rings (SSSR count). The molecule has 0 bridgehead atoms. The topological polar surface area (TPSA) is 9.23 Å². The first kappa shape index (κ1) is 28.6. The van der Waals surface area contributed by atoms with Crippen molar-refractivity contribution in [3.8, 4) is 5.75 Å². The molecule has 0 amide bonds. The SMILES string of the molecule is C[Si](Cl)(Oc1c(F)c(F)cc(F)c1F)C(c1c(F)c(F)c(F)c(F)c1F)c1c(F)c(F)c(F)c(F)c1F. The van der Waals surface area contributed by atoms with Gasteiger partial charge >= 0.3 is 7.63 Å². The smallest absolute Gasteiger partial charge is 0.357 e. The summed E-state index contributed by atoms with van der Waals surface area (Å²) in [6.07, 6.45) is 0. The van der Waals surface area contributed by atoms with Crippen LogP contribution in [0.1, 0.15) is 16.7 Å². The minimum Gasteiger partial charge on any atom is -0.524 e. The van der Waals surface area contributed by atoms with Crippen molar-refractivity contribution in [1.29, 1.82) is 0 Å². The minimum atomic E-state index is -5.63. The monoisotopic (exact) mass is 590 g/mol. The highest BCUT2D eigenvalue weighted by Crippen LogP contribution is 2.45. The van der Waals surface area contributed by atoms with E-state index in [1.807, 2.05) is 0 Å². The number of rotatable bonds is 5. The molecule has 0 N–H and O–H groups in total. The van der Waals surface area contributed by atoms with Crippen LogP contribution in [0.3, 0.4) is 0 Å². The fourth-order valence-corrected chi connectivity index (χ4v) is 6.43. The average Bonchev–Trinajstić information content (AvgIpc) is 2.84. The van der Waals surface area contributed by atoms with Gasteiger partial charge in [-0.15, -0.1) is 11.1 Å². The molecule has 17 heteroatoms. The van der Waals surface area contributed by atoms with Crippen LogP contribution in [-0.2, 0) is 0 Å². The Morgan fingerprint density at radius 3 is 1.08 bits per heavy atom. The Morgan fingerprint density at radius 1 is 0.514 bits per heavy atom. The molecule has 1 atom stereocenters. The van der Waals surface area contributed by atoms with E-state index in [2.05, 4.69) is 4.43 Å². The van der Waals surface area contributed by atoms with E-state index in [9.17, 15) is 61.5 Å². The molecule has 0 heterocycles. The van der Waals surface area contributed by atoms with Gasteiger partial charge < -0.3 is 4.43 Å². The van der Waals surface area contributed by atoms with Crippen LogP contribution in [0.15, 0.2) is 6.07 Å². The second-order valence-electron chi connectivity index (χ2n) is 7.29. The van der Waals surface area contributed by atoms with E-state index < -0.39 is 111 Å². The summed E-state index contributed by atoms with van der Waals surface area (Å²) in [4.78, 5) is 0. The summed E-state index contributed by atoms with van der Waals surface area (Å²) in [5, 5.41) is 0. The zero-order valence-corrected chi connectivity index (χ0v) is 19.0. The average molecular weight is 591 g/mol. The van der Waals surface area contributed by atoms with Crippen molar-refractivity contribution in [1.82, 2.24) is 0 Å². The molecule has 37 heavy (non-hydrogen) atoms. The van der Waals surface area contributed by atoms with Crippen LogP contribution in [0.4, 0.5) is 61.5 Å². The fourth-order valence-electron chi connectivity index (χ4n) is 3.31. The summed E-state index contributed by atoms with van der Waals surface area (Å²) in [7, 11) is -5.63. The maximum absolute atomic E-state index is 14.7. The molecule has 0 aliphatic rings. The molecule has 1 nitrogen and oxygen atoms in total. The first-order chi connectivity index (χ1) is 16.9. The second kappa shape index (κ2) is 9.70. The number of hydrogen-bond donors (Lipinski definition) is 0. The van der Waals surface area contributed by atoms with Gasteiger partial charge in [0.05, 0.1) is 5.54 Å². The van der Waals surface area contributed by atoms with Crippen molar-refractivity contribution in [3.05, 3.63) is 98.6 Å². The van der Waals surface area contributed by atoms with Gasteiger partial charge in [-0.3, -0.25) is 0 Å². The molecular formula is C20H5ClF14OSi. The molecule has 0 radical (unpaired) electrons. The van der Waals surface area contributed by atoms with Gasteiger partial charge in [-0.2, -0.15) is 8.78 Å². The van der Waals surface area contributed by atoms with Crippen LogP contribution >= 0.6 is 11.1 Å². The van der Waals surface area contributed by atoms with E-state index >= 15 is 0 Å². The Bertz CT molecular complexity index is 1290. The van der Waals surface area contributed by atoms with Crippen molar-refractivity contribution in [2.45, 2.75) is 12.1 Å². The van der Waals surface area contributed by atoms with E-state index in [1.165, 1.54) is 0 Å². The van der Waals surface area contributed by atoms with Crippen LogP contribution in [0, 0.1) is 81.4 Å². The van der Waals surface area contributed by atoms with E-state index in [0.29, 0.717) is 0 Å². The summed E-state index contributed by atoms with van der Waals surface area (Å²) in [6.45, 7) is 0.289. The second-order valence-corrected chi connectivity index (χ2v) is 12.3. The quantitative estimate of drug-likeness (QED) is 0.0973. The third-order valence-electron chi connectivity index (χ3n) is 4.95. The summed E-state index contributed by atoms with van der Waals surface area (Å²) in [5.41, 5.74) is -8.04. The minimum absolute atomic E-state index is 0.289. The first-order valence-corrected chi connectivity index (χ1v) is 12.7. The van der Waals surface area contributed by atoms with Gasteiger partial charge in [-0.05, 0) is 6.55 Å². The lowest BCUT2D eigenvalue weighted by molar-refractivity contribution is 0.355. The molecule has 0 spiro atoms.